The number of aryl methyl sites for hydroxylation is 2. The van der Waals surface area contributed by atoms with E-state index in [1.54, 1.807) is 20.8 Å². The molecule has 1 amide bonds. The first kappa shape index (κ1) is 18.4. The Labute approximate surface area is 144 Å². The van der Waals surface area contributed by atoms with Gasteiger partial charge in [-0.3, -0.25) is 9.59 Å². The molecule has 1 aromatic heterocycles. The quantitative estimate of drug-likeness (QED) is 0.643. The maximum atomic E-state index is 13.2. The summed E-state index contributed by atoms with van der Waals surface area (Å²) < 4.78 is 18.2. The van der Waals surface area contributed by atoms with Gasteiger partial charge in [0.1, 0.15) is 11.5 Å². The molecule has 1 aromatic carbocycles. The van der Waals surface area contributed by atoms with Gasteiger partial charge in [-0.15, -0.1) is 0 Å². The number of aromatic nitrogens is 1. The van der Waals surface area contributed by atoms with Gasteiger partial charge in [-0.25, -0.2) is 9.18 Å². The molecular weight excluding hydrogens is 327 g/mol. The average molecular weight is 346 g/mol. The predicted octanol–water partition coefficient (Wildman–Crippen LogP) is 3.08. The first-order chi connectivity index (χ1) is 11.7. The van der Waals surface area contributed by atoms with Crippen LogP contribution in [0.25, 0.3) is 0 Å². The Morgan fingerprint density at radius 2 is 1.88 bits per heavy atom. The van der Waals surface area contributed by atoms with Crippen LogP contribution in [0.3, 0.4) is 0 Å². The summed E-state index contributed by atoms with van der Waals surface area (Å²) in [5.74, 6) is -1.97. The first-order valence-electron chi connectivity index (χ1n) is 7.64. The van der Waals surface area contributed by atoms with E-state index >= 15 is 0 Å². The molecule has 2 rings (SSSR count). The zero-order valence-corrected chi connectivity index (χ0v) is 14.5. The van der Waals surface area contributed by atoms with Gasteiger partial charge in [0.25, 0.3) is 5.91 Å². The Hall–Kier alpha value is -2.96. The van der Waals surface area contributed by atoms with Crippen LogP contribution < -0.4 is 5.32 Å². The minimum absolute atomic E-state index is 0.137. The predicted molar refractivity (Wildman–Crippen MR) is 90.3 cm³/mol. The van der Waals surface area contributed by atoms with Crippen molar-refractivity contribution in [2.75, 3.05) is 11.9 Å². The number of nitrogens with one attached hydrogen (secondary N) is 2. The molecule has 0 atom stereocenters. The number of hydrogen-bond donors (Lipinski definition) is 2. The Morgan fingerprint density at radius 1 is 1.20 bits per heavy atom. The Morgan fingerprint density at radius 3 is 2.48 bits per heavy atom. The molecule has 0 unspecified atom stereocenters. The number of benzene rings is 1. The van der Waals surface area contributed by atoms with Crippen LogP contribution in [-0.2, 0) is 9.53 Å². The highest BCUT2D eigenvalue weighted by molar-refractivity contribution is 6.01. The number of ketones is 1. The number of esters is 1. The minimum Gasteiger partial charge on any atom is -0.451 e. The van der Waals surface area contributed by atoms with Crippen molar-refractivity contribution in [3.8, 4) is 0 Å². The number of H-pyrrole nitrogens is 1. The number of ether oxygens (including phenoxy) is 1. The second kappa shape index (κ2) is 7.29. The monoisotopic (exact) mass is 346 g/mol. The average Bonchev–Trinajstić information content (AvgIpc) is 2.83. The van der Waals surface area contributed by atoms with Crippen molar-refractivity contribution in [1.29, 1.82) is 0 Å². The fraction of sp³-hybridized carbons (Fsp3) is 0.278. The SMILES string of the molecule is CC(=O)c1c(C)[nH]c(C(=O)OCC(=O)Nc2cc(F)ccc2C)c1C. The van der Waals surface area contributed by atoms with E-state index in [9.17, 15) is 18.8 Å². The lowest BCUT2D eigenvalue weighted by atomic mass is 10.1. The maximum Gasteiger partial charge on any atom is 0.355 e. The van der Waals surface area contributed by atoms with Crippen molar-refractivity contribution in [3.63, 3.8) is 0 Å². The molecule has 25 heavy (non-hydrogen) atoms. The second-order valence-corrected chi connectivity index (χ2v) is 5.76. The molecule has 0 spiro atoms. The molecule has 2 N–H and O–H groups in total. The normalized spacial score (nSPS) is 10.4. The summed E-state index contributed by atoms with van der Waals surface area (Å²) in [6.07, 6.45) is 0. The van der Waals surface area contributed by atoms with Crippen LogP contribution in [0.4, 0.5) is 10.1 Å². The third-order valence-electron chi connectivity index (χ3n) is 3.80. The van der Waals surface area contributed by atoms with E-state index < -0.39 is 24.3 Å². The summed E-state index contributed by atoms with van der Waals surface area (Å²) in [5, 5.41) is 2.49. The smallest absolute Gasteiger partial charge is 0.355 e. The highest BCUT2D eigenvalue weighted by atomic mass is 19.1. The van der Waals surface area contributed by atoms with Crippen LogP contribution in [0.15, 0.2) is 18.2 Å². The maximum absolute atomic E-state index is 13.2. The van der Waals surface area contributed by atoms with Gasteiger partial charge in [0.05, 0.1) is 0 Å². The van der Waals surface area contributed by atoms with E-state index in [0.29, 0.717) is 28.1 Å². The third-order valence-corrected chi connectivity index (χ3v) is 3.80. The number of carbonyl (C=O) groups excluding carboxylic acids is 3. The van der Waals surface area contributed by atoms with Gasteiger partial charge in [0.2, 0.25) is 0 Å². The second-order valence-electron chi connectivity index (χ2n) is 5.76. The zero-order valence-electron chi connectivity index (χ0n) is 14.5. The third kappa shape index (κ3) is 4.12. The van der Waals surface area contributed by atoms with Gasteiger partial charge in [0.15, 0.2) is 12.4 Å². The van der Waals surface area contributed by atoms with Crippen molar-refractivity contribution in [1.82, 2.24) is 4.98 Å². The van der Waals surface area contributed by atoms with Crippen LogP contribution in [0.1, 0.15) is 44.6 Å². The van der Waals surface area contributed by atoms with Crippen LogP contribution in [0.5, 0.6) is 0 Å². The van der Waals surface area contributed by atoms with Crippen molar-refractivity contribution in [2.45, 2.75) is 27.7 Å². The molecule has 0 aliphatic heterocycles. The molecule has 7 heteroatoms. The Balaban J connectivity index is 2.03. The summed E-state index contributed by atoms with van der Waals surface area (Å²) in [6.45, 7) is 5.91. The van der Waals surface area contributed by atoms with Gasteiger partial charge >= 0.3 is 5.97 Å². The molecule has 0 aliphatic carbocycles. The number of Topliss-reactive ketones (excluding diaryl/α,β-unsaturated/α-hetero) is 1. The molecule has 132 valence electrons. The fourth-order valence-electron chi connectivity index (χ4n) is 2.60. The van der Waals surface area contributed by atoms with E-state index in [2.05, 4.69) is 10.3 Å². The number of anilines is 1. The molecule has 2 aromatic rings. The topological polar surface area (TPSA) is 88.3 Å². The van der Waals surface area contributed by atoms with Crippen LogP contribution >= 0.6 is 0 Å². The Bertz CT molecular complexity index is 855. The summed E-state index contributed by atoms with van der Waals surface area (Å²) in [5.41, 5.74) is 2.62. The van der Waals surface area contributed by atoms with E-state index in [0.717, 1.165) is 0 Å². The highest BCUT2D eigenvalue weighted by Gasteiger charge is 2.21. The number of halogens is 1. The standard InChI is InChI=1S/C18H19FN2O4/c1-9-5-6-13(19)7-14(9)21-15(23)8-25-18(24)17-10(2)16(12(4)22)11(3)20-17/h5-7,20H,8H2,1-4H3,(H,21,23). The van der Waals surface area contributed by atoms with E-state index in [1.807, 2.05) is 0 Å². The summed E-state index contributed by atoms with van der Waals surface area (Å²) in [4.78, 5) is 38.4. The zero-order chi connectivity index (χ0) is 18.7. The summed E-state index contributed by atoms with van der Waals surface area (Å²) >= 11 is 0. The molecule has 0 fully saturated rings. The molecular formula is C18H19FN2O4. The van der Waals surface area contributed by atoms with Crippen LogP contribution in [0.2, 0.25) is 0 Å². The lowest BCUT2D eigenvalue weighted by molar-refractivity contribution is -0.119. The largest absolute Gasteiger partial charge is 0.451 e. The molecule has 1 heterocycles. The molecule has 0 saturated carbocycles. The van der Waals surface area contributed by atoms with Crippen molar-refractivity contribution < 1.29 is 23.5 Å². The van der Waals surface area contributed by atoms with E-state index in [1.165, 1.54) is 25.1 Å². The first-order valence-corrected chi connectivity index (χ1v) is 7.64. The van der Waals surface area contributed by atoms with Gasteiger partial charge < -0.3 is 15.0 Å². The van der Waals surface area contributed by atoms with E-state index in [4.69, 9.17) is 4.74 Å². The molecule has 0 radical (unpaired) electrons. The molecule has 0 aliphatic rings. The van der Waals surface area contributed by atoms with Crippen LogP contribution in [0, 0.1) is 26.6 Å². The number of rotatable bonds is 5. The fourth-order valence-corrected chi connectivity index (χ4v) is 2.60. The molecule has 6 nitrogen and oxygen atoms in total. The summed E-state index contributed by atoms with van der Waals surface area (Å²) in [6, 6.07) is 4.01. The number of carbonyl (C=O) groups is 3. The van der Waals surface area contributed by atoms with Gasteiger partial charge in [-0.2, -0.15) is 0 Å². The van der Waals surface area contributed by atoms with Crippen molar-refractivity contribution in [3.05, 3.63) is 52.1 Å². The van der Waals surface area contributed by atoms with Gasteiger partial charge in [0, 0.05) is 16.9 Å². The summed E-state index contributed by atoms with van der Waals surface area (Å²) in [7, 11) is 0. The van der Waals surface area contributed by atoms with Gasteiger partial charge in [-0.05, 0) is 51.0 Å². The van der Waals surface area contributed by atoms with Gasteiger partial charge in [-0.1, -0.05) is 6.07 Å². The van der Waals surface area contributed by atoms with Crippen molar-refractivity contribution in [2.24, 2.45) is 0 Å². The number of aromatic amines is 1. The minimum atomic E-state index is -0.737. The van der Waals surface area contributed by atoms with E-state index in [-0.39, 0.29) is 11.5 Å². The van der Waals surface area contributed by atoms with Crippen LogP contribution in [-0.4, -0.2) is 29.3 Å². The molecule has 0 bridgehead atoms. The number of hydrogen-bond acceptors (Lipinski definition) is 4. The highest BCUT2D eigenvalue weighted by Crippen LogP contribution is 2.19. The molecule has 0 saturated heterocycles. The number of amides is 1. The van der Waals surface area contributed by atoms with Crippen molar-refractivity contribution >= 4 is 23.3 Å². The Kier molecular flexibility index (Phi) is 5.36. The lowest BCUT2D eigenvalue weighted by Gasteiger charge is -2.09. The lowest BCUT2D eigenvalue weighted by Crippen LogP contribution is -2.22.